The number of benzene rings is 1. The summed E-state index contributed by atoms with van der Waals surface area (Å²) in [4.78, 5) is 26.5. The minimum atomic E-state index is -4.47. The summed E-state index contributed by atoms with van der Waals surface area (Å²) in [6.07, 6.45) is -0.773. The molecule has 2 aromatic heterocycles. The SMILES string of the molecule is Cn1cc(CC(=O)N2CCC(c3cc(C(=O)NCC(F)(F)F)n[nH]3)CC2)c2ccccc21. The lowest BCUT2D eigenvalue weighted by molar-refractivity contribution is -0.131. The summed E-state index contributed by atoms with van der Waals surface area (Å²) in [7, 11) is 1.96. The minimum absolute atomic E-state index is 0.0632. The summed E-state index contributed by atoms with van der Waals surface area (Å²) in [5.74, 6) is -0.738. The smallest absolute Gasteiger partial charge is 0.350 e. The van der Waals surface area contributed by atoms with Crippen LogP contribution in [-0.2, 0) is 18.3 Å². The summed E-state index contributed by atoms with van der Waals surface area (Å²) >= 11 is 0. The van der Waals surface area contributed by atoms with E-state index in [9.17, 15) is 22.8 Å². The number of hydrogen-bond donors (Lipinski definition) is 2. The Morgan fingerprint density at radius 1 is 1.22 bits per heavy atom. The maximum Gasteiger partial charge on any atom is 0.405 e. The van der Waals surface area contributed by atoms with Crippen LogP contribution >= 0.6 is 0 Å². The fraction of sp³-hybridized carbons (Fsp3) is 0.409. The molecule has 3 aromatic rings. The minimum Gasteiger partial charge on any atom is -0.350 e. The standard InChI is InChI=1S/C22H24F3N5O2/c1-29-12-15(16-4-2-3-5-19(16)29)10-20(31)30-8-6-14(7-9-30)17-11-18(28-27-17)21(32)26-13-22(23,24)25/h2-5,11-12,14H,6-10,13H2,1H3,(H,26,32)(H,27,28). The highest BCUT2D eigenvalue weighted by molar-refractivity contribution is 5.92. The first-order valence-corrected chi connectivity index (χ1v) is 10.4. The van der Waals surface area contributed by atoms with Crippen molar-refractivity contribution in [2.75, 3.05) is 19.6 Å². The molecule has 2 amide bonds. The lowest BCUT2D eigenvalue weighted by atomic mass is 9.93. The number of likely N-dealkylation sites (tertiary alicyclic amines) is 1. The molecule has 0 bridgehead atoms. The number of hydrogen-bond acceptors (Lipinski definition) is 3. The number of carbonyl (C=O) groups excluding carboxylic acids is 2. The van der Waals surface area contributed by atoms with Crippen LogP contribution in [-0.4, -0.2) is 57.3 Å². The van der Waals surface area contributed by atoms with Gasteiger partial charge in [-0.05, 0) is 30.5 Å². The molecule has 7 nitrogen and oxygen atoms in total. The van der Waals surface area contributed by atoms with Crippen molar-refractivity contribution in [3.05, 3.63) is 53.5 Å². The van der Waals surface area contributed by atoms with E-state index >= 15 is 0 Å². The van der Waals surface area contributed by atoms with Crippen LogP contribution in [0.4, 0.5) is 13.2 Å². The second-order valence-electron chi connectivity index (χ2n) is 8.12. The van der Waals surface area contributed by atoms with E-state index in [1.165, 1.54) is 6.07 Å². The monoisotopic (exact) mass is 447 g/mol. The summed E-state index contributed by atoms with van der Waals surface area (Å²) in [5, 5.41) is 9.50. The number of aromatic nitrogens is 3. The van der Waals surface area contributed by atoms with Crippen molar-refractivity contribution in [2.24, 2.45) is 7.05 Å². The van der Waals surface area contributed by atoms with Crippen molar-refractivity contribution in [2.45, 2.75) is 31.4 Å². The van der Waals surface area contributed by atoms with E-state index in [0.29, 0.717) is 38.0 Å². The highest BCUT2D eigenvalue weighted by Gasteiger charge is 2.29. The van der Waals surface area contributed by atoms with Gasteiger partial charge >= 0.3 is 6.18 Å². The first-order valence-electron chi connectivity index (χ1n) is 10.4. The lowest BCUT2D eigenvalue weighted by Gasteiger charge is -2.31. The molecule has 4 rings (SSSR count). The molecule has 0 saturated carbocycles. The molecular formula is C22H24F3N5O2. The van der Waals surface area contributed by atoms with Gasteiger partial charge in [0.2, 0.25) is 5.91 Å². The van der Waals surface area contributed by atoms with Crippen molar-refractivity contribution >= 4 is 22.7 Å². The number of fused-ring (bicyclic) bond motifs is 1. The van der Waals surface area contributed by atoms with E-state index in [0.717, 1.165) is 16.5 Å². The van der Waals surface area contributed by atoms with Gasteiger partial charge in [0.1, 0.15) is 12.2 Å². The van der Waals surface area contributed by atoms with E-state index < -0.39 is 18.6 Å². The second kappa shape index (κ2) is 8.68. The zero-order valence-corrected chi connectivity index (χ0v) is 17.6. The quantitative estimate of drug-likeness (QED) is 0.631. The van der Waals surface area contributed by atoms with Crippen LogP contribution < -0.4 is 5.32 Å². The van der Waals surface area contributed by atoms with Crippen molar-refractivity contribution in [3.63, 3.8) is 0 Å². The van der Waals surface area contributed by atoms with Gasteiger partial charge < -0.3 is 14.8 Å². The Hall–Kier alpha value is -3.30. The number of aryl methyl sites for hydroxylation is 1. The molecule has 1 saturated heterocycles. The first-order chi connectivity index (χ1) is 15.2. The number of halogens is 3. The molecule has 0 spiro atoms. The molecule has 0 unspecified atom stereocenters. The Labute approximate surface area is 182 Å². The number of rotatable bonds is 5. The first kappa shape index (κ1) is 21.9. The number of aromatic amines is 1. The van der Waals surface area contributed by atoms with Crippen molar-refractivity contribution in [3.8, 4) is 0 Å². The molecule has 0 radical (unpaired) electrons. The van der Waals surface area contributed by atoms with Gasteiger partial charge in [-0.1, -0.05) is 18.2 Å². The Kier molecular flexibility index (Phi) is 5.94. The fourth-order valence-corrected chi connectivity index (χ4v) is 4.21. The Bertz CT molecular complexity index is 1130. The number of para-hydroxylation sites is 1. The van der Waals surface area contributed by atoms with E-state index in [4.69, 9.17) is 0 Å². The van der Waals surface area contributed by atoms with Gasteiger partial charge in [-0.3, -0.25) is 14.7 Å². The molecule has 1 aliphatic heterocycles. The maximum absolute atomic E-state index is 12.9. The predicted octanol–water partition coefficient (Wildman–Crippen LogP) is 3.14. The molecule has 3 heterocycles. The van der Waals surface area contributed by atoms with Crippen molar-refractivity contribution < 1.29 is 22.8 Å². The third kappa shape index (κ3) is 4.79. The average molecular weight is 447 g/mol. The number of H-pyrrole nitrogens is 1. The van der Waals surface area contributed by atoms with E-state index in [-0.39, 0.29) is 17.5 Å². The molecule has 170 valence electrons. The lowest BCUT2D eigenvalue weighted by Crippen LogP contribution is -2.38. The zero-order valence-electron chi connectivity index (χ0n) is 17.6. The molecule has 1 fully saturated rings. The van der Waals surface area contributed by atoms with Gasteiger partial charge in [-0.25, -0.2) is 0 Å². The molecule has 10 heteroatoms. The van der Waals surface area contributed by atoms with Crippen LogP contribution in [0, 0.1) is 0 Å². The van der Waals surface area contributed by atoms with Gasteiger partial charge in [0.15, 0.2) is 0 Å². The van der Waals surface area contributed by atoms with Crippen LogP contribution in [0.3, 0.4) is 0 Å². The molecule has 2 N–H and O–H groups in total. The van der Waals surface area contributed by atoms with Crippen LogP contribution in [0.25, 0.3) is 10.9 Å². The van der Waals surface area contributed by atoms with Crippen molar-refractivity contribution in [1.82, 2.24) is 25.0 Å². The van der Waals surface area contributed by atoms with E-state index in [1.807, 2.05) is 52.3 Å². The highest BCUT2D eigenvalue weighted by atomic mass is 19.4. The van der Waals surface area contributed by atoms with Gasteiger partial charge in [0, 0.05) is 48.8 Å². The van der Waals surface area contributed by atoms with Crippen molar-refractivity contribution in [1.29, 1.82) is 0 Å². The van der Waals surface area contributed by atoms with Gasteiger partial charge in [0.25, 0.3) is 5.91 Å². The number of nitrogens with one attached hydrogen (secondary N) is 2. The summed E-state index contributed by atoms with van der Waals surface area (Å²) in [6, 6.07) is 9.47. The number of piperidine rings is 1. The third-order valence-electron chi connectivity index (χ3n) is 5.89. The summed E-state index contributed by atoms with van der Waals surface area (Å²) in [6.45, 7) is -0.253. The fourth-order valence-electron chi connectivity index (χ4n) is 4.21. The number of amides is 2. The normalized spacial score (nSPS) is 15.3. The molecule has 1 aromatic carbocycles. The average Bonchev–Trinajstić information content (AvgIpc) is 3.38. The maximum atomic E-state index is 12.9. The topological polar surface area (TPSA) is 83.0 Å². The Morgan fingerprint density at radius 2 is 1.94 bits per heavy atom. The van der Waals surface area contributed by atoms with E-state index in [1.54, 1.807) is 0 Å². The summed E-state index contributed by atoms with van der Waals surface area (Å²) < 4.78 is 38.8. The number of nitrogens with zero attached hydrogens (tertiary/aromatic N) is 3. The van der Waals surface area contributed by atoms with Gasteiger partial charge in [-0.2, -0.15) is 18.3 Å². The Balaban J connectivity index is 1.33. The number of alkyl halides is 3. The highest BCUT2D eigenvalue weighted by Crippen LogP contribution is 2.28. The molecule has 1 aliphatic rings. The van der Waals surface area contributed by atoms with Crippen LogP contribution in [0.1, 0.15) is 40.5 Å². The zero-order chi connectivity index (χ0) is 22.9. The molecule has 0 aliphatic carbocycles. The van der Waals surface area contributed by atoms with E-state index in [2.05, 4.69) is 10.2 Å². The van der Waals surface area contributed by atoms with Crippen LogP contribution in [0.2, 0.25) is 0 Å². The largest absolute Gasteiger partial charge is 0.405 e. The molecular weight excluding hydrogens is 423 g/mol. The third-order valence-corrected chi connectivity index (χ3v) is 5.89. The van der Waals surface area contributed by atoms with Crippen LogP contribution in [0.5, 0.6) is 0 Å². The Morgan fingerprint density at radius 3 is 2.66 bits per heavy atom. The second-order valence-corrected chi connectivity index (χ2v) is 8.12. The molecule has 0 atom stereocenters. The number of carbonyl (C=O) groups is 2. The summed E-state index contributed by atoms with van der Waals surface area (Å²) in [5.41, 5.74) is 2.71. The molecule has 32 heavy (non-hydrogen) atoms. The predicted molar refractivity (Wildman–Crippen MR) is 112 cm³/mol. The van der Waals surface area contributed by atoms with Gasteiger partial charge in [-0.15, -0.1) is 0 Å². The van der Waals surface area contributed by atoms with Crippen LogP contribution in [0.15, 0.2) is 36.5 Å². The van der Waals surface area contributed by atoms with Gasteiger partial charge in [0.05, 0.1) is 6.42 Å².